The maximum absolute atomic E-state index is 10.6. The molecule has 1 aliphatic carbocycles. The van der Waals surface area contributed by atoms with Crippen molar-refractivity contribution in [1.82, 2.24) is 0 Å². The predicted molar refractivity (Wildman–Crippen MR) is 29.5 cm³/mol. The molecule has 0 spiro atoms. The molecule has 2 heteroatoms. The molecule has 0 bridgehead atoms. The number of aliphatic hydroxyl groups excluding tert-OH is 1. The van der Waals surface area contributed by atoms with E-state index in [0.717, 1.165) is 19.1 Å². The van der Waals surface area contributed by atoms with Gasteiger partial charge in [0.1, 0.15) is 0 Å². The third-order valence-electron chi connectivity index (χ3n) is 1.22. The molecule has 0 heterocycles. The summed E-state index contributed by atoms with van der Waals surface area (Å²) < 4.78 is 0. The Morgan fingerprint density at radius 3 is 2.62 bits per heavy atom. The van der Waals surface area contributed by atoms with E-state index in [4.69, 9.17) is 5.11 Å². The molecule has 0 aromatic heterocycles. The number of aliphatic hydroxyl groups is 1. The van der Waals surface area contributed by atoms with Gasteiger partial charge in [0.15, 0.2) is 5.78 Å². The predicted octanol–water partition coefficient (Wildman–Crippen LogP) is 1.04. The molecule has 44 valence electrons. The van der Waals surface area contributed by atoms with E-state index < -0.39 is 0 Å². The van der Waals surface area contributed by atoms with Crippen molar-refractivity contribution in [2.24, 2.45) is 5.92 Å². The van der Waals surface area contributed by atoms with Gasteiger partial charge in [-0.15, -0.1) is 0 Å². The number of carbonyl (C=O) groups excluding carboxylic acids is 1. The molecule has 0 unspecified atom stereocenters. The SMILES string of the molecule is O=C(C=CO)C1CC1. The number of hydrogen-bond acceptors (Lipinski definition) is 2. The standard InChI is InChI=1S/C6H8O2/c7-4-3-6(8)5-1-2-5/h3-5,7H,1-2H2. The van der Waals surface area contributed by atoms with Crippen molar-refractivity contribution in [2.45, 2.75) is 12.8 Å². The Labute approximate surface area is 47.8 Å². The fourth-order valence-corrected chi connectivity index (χ4v) is 0.577. The Bertz CT molecular complexity index is 122. The first kappa shape index (κ1) is 5.35. The molecular formula is C6H8O2. The van der Waals surface area contributed by atoms with Crippen molar-refractivity contribution >= 4 is 5.78 Å². The second-order valence-electron chi connectivity index (χ2n) is 1.99. The van der Waals surface area contributed by atoms with E-state index in [1.165, 1.54) is 6.08 Å². The summed E-state index contributed by atoms with van der Waals surface area (Å²) in [4.78, 5) is 10.6. The molecule has 0 aliphatic heterocycles. The lowest BCUT2D eigenvalue weighted by Crippen LogP contribution is -1.92. The third kappa shape index (κ3) is 1.09. The van der Waals surface area contributed by atoms with Crippen LogP contribution in [0.25, 0.3) is 0 Å². The van der Waals surface area contributed by atoms with Crippen LogP contribution in [0.2, 0.25) is 0 Å². The van der Waals surface area contributed by atoms with Crippen LogP contribution in [0, 0.1) is 5.92 Å². The molecule has 1 saturated carbocycles. The summed E-state index contributed by atoms with van der Waals surface area (Å²) in [7, 11) is 0. The molecule has 1 rings (SSSR count). The highest BCUT2D eigenvalue weighted by molar-refractivity contribution is 5.93. The van der Waals surface area contributed by atoms with Gasteiger partial charge in [-0.1, -0.05) is 0 Å². The summed E-state index contributed by atoms with van der Waals surface area (Å²) in [6.45, 7) is 0. The first-order valence-corrected chi connectivity index (χ1v) is 2.69. The Hall–Kier alpha value is -0.790. The van der Waals surface area contributed by atoms with Gasteiger partial charge in [-0.05, 0) is 12.8 Å². The normalized spacial score (nSPS) is 19.5. The topological polar surface area (TPSA) is 37.3 Å². The fraction of sp³-hybridized carbons (Fsp3) is 0.500. The van der Waals surface area contributed by atoms with Gasteiger partial charge in [-0.3, -0.25) is 4.79 Å². The Morgan fingerprint density at radius 2 is 2.25 bits per heavy atom. The van der Waals surface area contributed by atoms with Gasteiger partial charge >= 0.3 is 0 Å². The van der Waals surface area contributed by atoms with Gasteiger partial charge in [0.2, 0.25) is 0 Å². The van der Waals surface area contributed by atoms with Crippen LogP contribution in [0.5, 0.6) is 0 Å². The van der Waals surface area contributed by atoms with Crippen LogP contribution in [0.4, 0.5) is 0 Å². The average molecular weight is 112 g/mol. The van der Waals surface area contributed by atoms with Crippen molar-refractivity contribution in [1.29, 1.82) is 0 Å². The molecule has 1 N–H and O–H groups in total. The smallest absolute Gasteiger partial charge is 0.161 e. The Kier molecular flexibility index (Phi) is 1.33. The molecule has 0 radical (unpaired) electrons. The number of hydrogen-bond donors (Lipinski definition) is 1. The highest BCUT2D eigenvalue weighted by Crippen LogP contribution is 2.29. The van der Waals surface area contributed by atoms with Crippen molar-refractivity contribution < 1.29 is 9.90 Å². The molecule has 0 aromatic carbocycles. The zero-order chi connectivity index (χ0) is 5.98. The van der Waals surface area contributed by atoms with Crippen LogP contribution in [0.15, 0.2) is 12.3 Å². The number of rotatable bonds is 2. The van der Waals surface area contributed by atoms with Crippen LogP contribution < -0.4 is 0 Å². The van der Waals surface area contributed by atoms with E-state index in [0.29, 0.717) is 0 Å². The molecular weight excluding hydrogens is 104 g/mol. The van der Waals surface area contributed by atoms with Gasteiger partial charge in [0.05, 0.1) is 6.26 Å². The number of ketones is 1. The van der Waals surface area contributed by atoms with Gasteiger partial charge in [-0.2, -0.15) is 0 Å². The van der Waals surface area contributed by atoms with Crippen LogP contribution >= 0.6 is 0 Å². The molecule has 0 saturated heterocycles. The van der Waals surface area contributed by atoms with Crippen molar-refractivity contribution in [3.8, 4) is 0 Å². The van der Waals surface area contributed by atoms with Gasteiger partial charge in [-0.25, -0.2) is 0 Å². The third-order valence-corrected chi connectivity index (χ3v) is 1.22. The van der Waals surface area contributed by atoms with Gasteiger partial charge in [0, 0.05) is 12.0 Å². The highest BCUT2D eigenvalue weighted by atomic mass is 16.2. The second-order valence-corrected chi connectivity index (χ2v) is 1.99. The van der Waals surface area contributed by atoms with Gasteiger partial charge in [0.25, 0.3) is 0 Å². The Morgan fingerprint density at radius 1 is 1.62 bits per heavy atom. The molecule has 8 heavy (non-hydrogen) atoms. The molecule has 1 aliphatic rings. The van der Waals surface area contributed by atoms with Crippen molar-refractivity contribution in [3.05, 3.63) is 12.3 Å². The minimum absolute atomic E-state index is 0.0625. The van der Waals surface area contributed by atoms with E-state index in [2.05, 4.69) is 0 Å². The Balaban J connectivity index is 2.33. The van der Waals surface area contributed by atoms with Crippen LogP contribution in [-0.4, -0.2) is 10.9 Å². The van der Waals surface area contributed by atoms with Crippen LogP contribution in [-0.2, 0) is 4.79 Å². The lowest BCUT2D eigenvalue weighted by atomic mass is 10.3. The summed E-state index contributed by atoms with van der Waals surface area (Å²) in [5, 5.41) is 8.11. The lowest BCUT2D eigenvalue weighted by molar-refractivity contribution is -0.115. The molecule has 1 fully saturated rings. The second kappa shape index (κ2) is 1.99. The van der Waals surface area contributed by atoms with E-state index in [-0.39, 0.29) is 11.7 Å². The molecule has 0 aromatic rings. The van der Waals surface area contributed by atoms with E-state index in [1.807, 2.05) is 0 Å². The fourth-order valence-electron chi connectivity index (χ4n) is 0.577. The van der Waals surface area contributed by atoms with E-state index in [1.54, 1.807) is 0 Å². The molecule has 0 atom stereocenters. The summed E-state index contributed by atoms with van der Waals surface area (Å²) in [5.74, 6) is 0.297. The molecule has 2 nitrogen and oxygen atoms in total. The summed E-state index contributed by atoms with van der Waals surface area (Å²) >= 11 is 0. The summed E-state index contributed by atoms with van der Waals surface area (Å²) in [6.07, 6.45) is 4.03. The monoisotopic (exact) mass is 112 g/mol. The minimum atomic E-state index is 0.0625. The van der Waals surface area contributed by atoms with Crippen LogP contribution in [0.3, 0.4) is 0 Å². The van der Waals surface area contributed by atoms with Crippen molar-refractivity contribution in [2.75, 3.05) is 0 Å². The van der Waals surface area contributed by atoms with E-state index in [9.17, 15) is 4.79 Å². The van der Waals surface area contributed by atoms with Crippen LogP contribution in [0.1, 0.15) is 12.8 Å². The summed E-state index contributed by atoms with van der Waals surface area (Å²) in [5.41, 5.74) is 0. The average Bonchev–Trinajstić information content (AvgIpc) is 2.45. The lowest BCUT2D eigenvalue weighted by Gasteiger charge is -1.80. The quantitative estimate of drug-likeness (QED) is 0.428. The van der Waals surface area contributed by atoms with Crippen molar-refractivity contribution in [3.63, 3.8) is 0 Å². The summed E-state index contributed by atoms with van der Waals surface area (Å²) in [6, 6.07) is 0. The number of allylic oxidation sites excluding steroid dienone is 1. The largest absolute Gasteiger partial charge is 0.515 e. The van der Waals surface area contributed by atoms with E-state index >= 15 is 0 Å². The van der Waals surface area contributed by atoms with Gasteiger partial charge < -0.3 is 5.11 Å². The zero-order valence-corrected chi connectivity index (χ0v) is 4.50. The first-order valence-electron chi connectivity index (χ1n) is 2.69. The molecule has 0 amide bonds. The highest BCUT2D eigenvalue weighted by Gasteiger charge is 2.27. The minimum Gasteiger partial charge on any atom is -0.515 e. The number of carbonyl (C=O) groups is 1. The zero-order valence-electron chi connectivity index (χ0n) is 4.50. The first-order chi connectivity index (χ1) is 3.84. The maximum atomic E-state index is 10.6. The maximum Gasteiger partial charge on any atom is 0.161 e.